The smallest absolute Gasteiger partial charge is 0.382 e. The number of aromatic amines is 1. The second-order valence-corrected chi connectivity index (χ2v) is 5.60. The Balaban J connectivity index is 2.60. The van der Waals surface area contributed by atoms with Gasteiger partial charge in [-0.2, -0.15) is 18.3 Å². The third-order valence-electron chi connectivity index (χ3n) is 2.97. The summed E-state index contributed by atoms with van der Waals surface area (Å²) < 4.78 is 38.8. The van der Waals surface area contributed by atoms with E-state index in [1.807, 2.05) is 13.8 Å². The fourth-order valence-corrected chi connectivity index (χ4v) is 2.54. The van der Waals surface area contributed by atoms with E-state index < -0.39 is 11.7 Å². The first-order valence-corrected chi connectivity index (χ1v) is 6.72. The van der Waals surface area contributed by atoms with Gasteiger partial charge in [0.15, 0.2) is 0 Å². The van der Waals surface area contributed by atoms with E-state index in [4.69, 9.17) is 5.73 Å². The Labute approximate surface area is 122 Å². The maximum absolute atomic E-state index is 12.9. The van der Waals surface area contributed by atoms with Crippen LogP contribution in [0.25, 0.3) is 11.3 Å². The van der Waals surface area contributed by atoms with Crippen LogP contribution in [0.4, 0.5) is 19.0 Å². The number of aromatic nitrogens is 2. The van der Waals surface area contributed by atoms with Crippen molar-refractivity contribution in [3.05, 3.63) is 33.8 Å². The van der Waals surface area contributed by atoms with Gasteiger partial charge in [-0.1, -0.05) is 35.8 Å². The van der Waals surface area contributed by atoms with Crippen molar-refractivity contribution in [3.63, 3.8) is 0 Å². The fourth-order valence-electron chi connectivity index (χ4n) is 2.07. The maximum atomic E-state index is 12.9. The number of nitrogens with zero attached hydrogens (tertiary/aromatic N) is 1. The number of halogens is 4. The third kappa shape index (κ3) is 2.67. The molecule has 0 bridgehead atoms. The van der Waals surface area contributed by atoms with Crippen molar-refractivity contribution in [2.24, 2.45) is 0 Å². The predicted octanol–water partition coefficient (Wildman–Crippen LogP) is 4.56. The van der Waals surface area contributed by atoms with E-state index in [0.717, 1.165) is 11.6 Å². The molecule has 0 aliphatic heterocycles. The number of hydrogen-bond donors (Lipinski definition) is 2. The topological polar surface area (TPSA) is 54.7 Å². The maximum Gasteiger partial charge on any atom is 0.417 e. The summed E-state index contributed by atoms with van der Waals surface area (Å²) in [5.74, 6) is 0.369. The Kier molecular flexibility index (Phi) is 3.82. The number of nitrogens with two attached hydrogens (primary N) is 1. The summed E-state index contributed by atoms with van der Waals surface area (Å²) in [5.41, 5.74) is 6.69. The minimum atomic E-state index is -4.42. The first kappa shape index (κ1) is 14.9. The predicted molar refractivity (Wildman–Crippen MR) is 75.2 cm³/mol. The van der Waals surface area contributed by atoms with Gasteiger partial charge in [-0.15, -0.1) is 0 Å². The number of H-pyrrole nitrogens is 1. The lowest BCUT2D eigenvalue weighted by molar-refractivity contribution is -0.138. The summed E-state index contributed by atoms with van der Waals surface area (Å²) in [7, 11) is 0. The molecule has 20 heavy (non-hydrogen) atoms. The molecule has 0 aliphatic carbocycles. The van der Waals surface area contributed by atoms with Crippen molar-refractivity contribution in [1.82, 2.24) is 10.2 Å². The zero-order valence-corrected chi connectivity index (χ0v) is 12.4. The number of alkyl halides is 3. The zero-order valence-electron chi connectivity index (χ0n) is 10.8. The van der Waals surface area contributed by atoms with Crippen LogP contribution in [0, 0.1) is 0 Å². The Morgan fingerprint density at radius 2 is 1.95 bits per heavy atom. The van der Waals surface area contributed by atoms with Crippen LogP contribution in [0.15, 0.2) is 22.7 Å². The summed E-state index contributed by atoms with van der Waals surface area (Å²) in [5, 5.41) is 6.60. The van der Waals surface area contributed by atoms with Gasteiger partial charge in [0.05, 0.1) is 11.3 Å². The van der Waals surface area contributed by atoms with Crippen LogP contribution in [0.1, 0.15) is 30.9 Å². The van der Waals surface area contributed by atoms with E-state index in [-0.39, 0.29) is 10.4 Å². The molecule has 7 heteroatoms. The van der Waals surface area contributed by atoms with Crippen LogP contribution in [-0.4, -0.2) is 10.2 Å². The van der Waals surface area contributed by atoms with Crippen molar-refractivity contribution >= 4 is 21.7 Å². The van der Waals surface area contributed by atoms with Crippen molar-refractivity contribution < 1.29 is 13.2 Å². The molecule has 0 aliphatic rings. The van der Waals surface area contributed by atoms with E-state index in [1.54, 1.807) is 6.07 Å². The normalized spacial score (nSPS) is 12.2. The van der Waals surface area contributed by atoms with Gasteiger partial charge >= 0.3 is 6.18 Å². The molecule has 3 nitrogen and oxygen atoms in total. The summed E-state index contributed by atoms with van der Waals surface area (Å²) in [4.78, 5) is 0. The molecule has 0 unspecified atom stereocenters. The molecule has 0 atom stereocenters. The molecule has 1 aromatic heterocycles. The molecule has 2 rings (SSSR count). The number of nitrogens with one attached hydrogen (secondary N) is 1. The third-order valence-corrected chi connectivity index (χ3v) is 3.66. The summed E-state index contributed by atoms with van der Waals surface area (Å²) >= 11 is 2.92. The van der Waals surface area contributed by atoms with Gasteiger partial charge < -0.3 is 5.73 Å². The van der Waals surface area contributed by atoms with Gasteiger partial charge in [0.1, 0.15) is 5.82 Å². The number of anilines is 1. The van der Waals surface area contributed by atoms with Crippen LogP contribution in [0.3, 0.4) is 0 Å². The molecule has 0 amide bonds. The van der Waals surface area contributed by atoms with E-state index in [2.05, 4.69) is 26.1 Å². The summed E-state index contributed by atoms with van der Waals surface area (Å²) in [6.45, 7) is 3.82. The zero-order chi connectivity index (χ0) is 15.1. The minimum Gasteiger partial charge on any atom is -0.382 e. The number of rotatable bonds is 2. The van der Waals surface area contributed by atoms with Gasteiger partial charge in [-0.25, -0.2) is 0 Å². The second-order valence-electron chi connectivity index (χ2n) is 4.74. The average Bonchev–Trinajstić information content (AvgIpc) is 2.70. The van der Waals surface area contributed by atoms with Crippen molar-refractivity contribution in [2.45, 2.75) is 25.9 Å². The SMILES string of the molecule is CC(C)c1c(N)n[nH]c1-c1ccc(Br)c(C(F)(F)F)c1. The Bertz CT molecular complexity index is 632. The van der Waals surface area contributed by atoms with E-state index >= 15 is 0 Å². The fraction of sp³-hybridized carbons (Fsp3) is 0.308. The molecule has 0 radical (unpaired) electrons. The van der Waals surface area contributed by atoms with Gasteiger partial charge in [0.2, 0.25) is 0 Å². The van der Waals surface area contributed by atoms with E-state index in [9.17, 15) is 13.2 Å². The van der Waals surface area contributed by atoms with E-state index in [0.29, 0.717) is 17.1 Å². The van der Waals surface area contributed by atoms with E-state index in [1.165, 1.54) is 6.07 Å². The highest BCUT2D eigenvalue weighted by Gasteiger charge is 2.33. The highest BCUT2D eigenvalue weighted by atomic mass is 79.9. The Hall–Kier alpha value is -1.50. The summed E-state index contributed by atoms with van der Waals surface area (Å²) in [6.07, 6.45) is -4.42. The monoisotopic (exact) mass is 347 g/mol. The molecule has 0 spiro atoms. The minimum absolute atomic E-state index is 0.00679. The molecule has 3 N–H and O–H groups in total. The van der Waals surface area contributed by atoms with Crippen LogP contribution in [0.5, 0.6) is 0 Å². The van der Waals surface area contributed by atoms with Crippen LogP contribution >= 0.6 is 15.9 Å². The van der Waals surface area contributed by atoms with Crippen molar-refractivity contribution in [2.75, 3.05) is 5.73 Å². The van der Waals surface area contributed by atoms with Crippen molar-refractivity contribution in [3.8, 4) is 11.3 Å². The quantitative estimate of drug-likeness (QED) is 0.836. The largest absolute Gasteiger partial charge is 0.417 e. The van der Waals surface area contributed by atoms with Crippen LogP contribution < -0.4 is 5.73 Å². The molecule has 2 aromatic rings. The van der Waals surface area contributed by atoms with Crippen molar-refractivity contribution in [1.29, 1.82) is 0 Å². The molecule has 0 fully saturated rings. The van der Waals surface area contributed by atoms with Gasteiger partial charge in [-0.3, -0.25) is 5.10 Å². The lowest BCUT2D eigenvalue weighted by Gasteiger charge is -2.12. The highest BCUT2D eigenvalue weighted by Crippen LogP contribution is 2.39. The second kappa shape index (κ2) is 5.12. The first-order chi connectivity index (χ1) is 9.21. The molecular formula is C13H13BrF3N3. The molecule has 1 heterocycles. The van der Waals surface area contributed by atoms with Crippen LogP contribution in [0.2, 0.25) is 0 Å². The molecular weight excluding hydrogens is 335 g/mol. The average molecular weight is 348 g/mol. The lowest BCUT2D eigenvalue weighted by atomic mass is 9.97. The molecule has 1 aromatic carbocycles. The lowest BCUT2D eigenvalue weighted by Crippen LogP contribution is -2.06. The number of hydrogen-bond acceptors (Lipinski definition) is 2. The highest BCUT2D eigenvalue weighted by molar-refractivity contribution is 9.10. The first-order valence-electron chi connectivity index (χ1n) is 5.92. The van der Waals surface area contributed by atoms with Gasteiger partial charge in [0, 0.05) is 15.6 Å². The van der Waals surface area contributed by atoms with Gasteiger partial charge in [-0.05, 0) is 18.1 Å². The standard InChI is InChI=1S/C13H13BrF3N3/c1-6(2)10-11(19-20-12(10)18)7-3-4-9(14)8(5-7)13(15,16)17/h3-6H,1-2H3,(H3,18,19,20). The number of benzene rings is 1. The molecule has 108 valence electrons. The summed E-state index contributed by atoms with van der Waals surface area (Å²) in [6, 6.07) is 4.06. The molecule has 0 saturated carbocycles. The van der Waals surface area contributed by atoms with Gasteiger partial charge in [0.25, 0.3) is 0 Å². The molecule has 0 saturated heterocycles. The number of nitrogen functional groups attached to an aromatic ring is 1. The Morgan fingerprint density at radius 3 is 2.50 bits per heavy atom. The Morgan fingerprint density at radius 1 is 1.30 bits per heavy atom. The van der Waals surface area contributed by atoms with Crippen LogP contribution in [-0.2, 0) is 6.18 Å².